The van der Waals surface area contributed by atoms with Crippen molar-refractivity contribution in [1.29, 1.82) is 0 Å². The summed E-state index contributed by atoms with van der Waals surface area (Å²) >= 11 is 0. The van der Waals surface area contributed by atoms with Gasteiger partial charge in [-0.15, -0.1) is 0 Å². The van der Waals surface area contributed by atoms with Crippen molar-refractivity contribution < 1.29 is 0 Å². The molecule has 14 heavy (non-hydrogen) atoms. The summed E-state index contributed by atoms with van der Waals surface area (Å²) in [4.78, 5) is 2.39. The van der Waals surface area contributed by atoms with E-state index in [0.717, 1.165) is 18.2 Å². The number of aromatic nitrogens is 2. The average Bonchev–Trinajstić information content (AvgIpc) is 2.51. The third-order valence-corrected chi connectivity index (χ3v) is 2.82. The predicted molar refractivity (Wildman–Crippen MR) is 56.9 cm³/mol. The largest absolute Gasteiger partial charge is 0.396 e. The topological polar surface area (TPSA) is 47.1 Å². The zero-order valence-electron chi connectivity index (χ0n) is 8.69. The Labute approximate surface area is 84.7 Å². The molecule has 2 N–H and O–H groups in total. The Kier molecular flexibility index (Phi) is 2.72. The molecule has 0 bridgehead atoms. The second kappa shape index (κ2) is 4.00. The van der Waals surface area contributed by atoms with E-state index in [1.54, 1.807) is 6.20 Å². The Bertz CT molecular complexity index is 294. The van der Waals surface area contributed by atoms with E-state index in [9.17, 15) is 0 Å². The van der Waals surface area contributed by atoms with Crippen molar-refractivity contribution in [2.75, 3.05) is 25.9 Å². The maximum Gasteiger partial charge on any atom is 0.0719 e. The van der Waals surface area contributed by atoms with Crippen molar-refractivity contribution in [3.05, 3.63) is 12.4 Å². The summed E-state index contributed by atoms with van der Waals surface area (Å²) in [7, 11) is 2.18. The zero-order chi connectivity index (χ0) is 9.97. The lowest BCUT2D eigenvalue weighted by atomic mass is 9.99. The molecule has 1 aliphatic rings. The molecule has 4 heteroatoms. The van der Waals surface area contributed by atoms with Crippen LogP contribution in [0, 0.1) is 5.92 Å². The maximum absolute atomic E-state index is 5.62. The molecule has 1 aromatic heterocycles. The van der Waals surface area contributed by atoms with Gasteiger partial charge < -0.3 is 10.6 Å². The van der Waals surface area contributed by atoms with Crippen molar-refractivity contribution in [3.8, 4) is 0 Å². The number of nitrogen functional groups attached to an aromatic ring is 1. The monoisotopic (exact) mass is 194 g/mol. The number of hydrogen-bond donors (Lipinski definition) is 1. The number of likely N-dealkylation sites (tertiary alicyclic amines) is 1. The molecule has 2 heterocycles. The molecule has 0 radical (unpaired) electrons. The van der Waals surface area contributed by atoms with Gasteiger partial charge >= 0.3 is 0 Å². The third-order valence-electron chi connectivity index (χ3n) is 2.82. The van der Waals surface area contributed by atoms with Crippen molar-refractivity contribution >= 4 is 5.69 Å². The summed E-state index contributed by atoms with van der Waals surface area (Å²) in [5.74, 6) is 0.730. The number of nitrogens with zero attached hydrogens (tertiary/aromatic N) is 3. The minimum absolute atomic E-state index is 0.730. The SMILES string of the molecule is CN1CCC[C@H](Cn2cc(N)cn2)C1. The van der Waals surface area contributed by atoms with Gasteiger partial charge in [-0.05, 0) is 32.4 Å². The number of hydrogen-bond acceptors (Lipinski definition) is 3. The molecule has 1 fully saturated rings. The molecule has 1 aliphatic heterocycles. The summed E-state index contributed by atoms with van der Waals surface area (Å²) in [6, 6.07) is 0. The van der Waals surface area contributed by atoms with Crippen LogP contribution in [-0.4, -0.2) is 34.8 Å². The van der Waals surface area contributed by atoms with Crippen LogP contribution in [0.25, 0.3) is 0 Å². The van der Waals surface area contributed by atoms with Crippen LogP contribution in [0.5, 0.6) is 0 Å². The van der Waals surface area contributed by atoms with Gasteiger partial charge in [-0.2, -0.15) is 5.10 Å². The highest BCUT2D eigenvalue weighted by molar-refractivity contribution is 5.30. The molecule has 0 amide bonds. The normalized spacial score (nSPS) is 23.9. The van der Waals surface area contributed by atoms with Crippen LogP contribution >= 0.6 is 0 Å². The Morgan fingerprint density at radius 1 is 1.64 bits per heavy atom. The van der Waals surface area contributed by atoms with Crippen LogP contribution in [0.2, 0.25) is 0 Å². The van der Waals surface area contributed by atoms with Crippen LogP contribution in [0.1, 0.15) is 12.8 Å². The minimum atomic E-state index is 0.730. The van der Waals surface area contributed by atoms with Gasteiger partial charge in [-0.3, -0.25) is 4.68 Å². The lowest BCUT2D eigenvalue weighted by Crippen LogP contribution is -2.34. The molecule has 4 nitrogen and oxygen atoms in total. The molecule has 0 saturated carbocycles. The summed E-state index contributed by atoms with van der Waals surface area (Å²) in [5.41, 5.74) is 6.38. The molecule has 0 unspecified atom stereocenters. The summed E-state index contributed by atoms with van der Waals surface area (Å²) in [6.07, 6.45) is 6.24. The van der Waals surface area contributed by atoms with Gasteiger partial charge in [0.1, 0.15) is 0 Å². The van der Waals surface area contributed by atoms with E-state index >= 15 is 0 Å². The second-order valence-electron chi connectivity index (χ2n) is 4.27. The molecular formula is C10H18N4. The number of rotatable bonds is 2. The van der Waals surface area contributed by atoms with Crippen LogP contribution in [0.4, 0.5) is 5.69 Å². The van der Waals surface area contributed by atoms with Crippen LogP contribution in [0.15, 0.2) is 12.4 Å². The smallest absolute Gasteiger partial charge is 0.0719 e. The fourth-order valence-corrected chi connectivity index (χ4v) is 2.17. The Morgan fingerprint density at radius 3 is 3.14 bits per heavy atom. The van der Waals surface area contributed by atoms with E-state index in [1.165, 1.54) is 25.9 Å². The second-order valence-corrected chi connectivity index (χ2v) is 4.27. The number of anilines is 1. The van der Waals surface area contributed by atoms with Gasteiger partial charge in [0.2, 0.25) is 0 Å². The number of piperidine rings is 1. The quantitative estimate of drug-likeness (QED) is 0.757. The molecule has 0 aromatic carbocycles. The summed E-state index contributed by atoms with van der Waals surface area (Å²) in [5, 5.41) is 4.21. The van der Waals surface area contributed by atoms with Gasteiger partial charge in [0.05, 0.1) is 11.9 Å². The van der Waals surface area contributed by atoms with E-state index in [0.29, 0.717) is 0 Å². The van der Waals surface area contributed by atoms with Crippen LogP contribution in [0.3, 0.4) is 0 Å². The average molecular weight is 194 g/mol. The zero-order valence-corrected chi connectivity index (χ0v) is 8.69. The minimum Gasteiger partial charge on any atom is -0.396 e. The third kappa shape index (κ3) is 2.26. The van der Waals surface area contributed by atoms with Gasteiger partial charge in [0.25, 0.3) is 0 Å². The first-order chi connectivity index (χ1) is 6.74. The molecule has 1 atom stereocenters. The standard InChI is InChI=1S/C10H18N4/c1-13-4-2-3-9(6-13)7-14-8-10(11)5-12-14/h5,8-9H,2-4,6-7,11H2,1H3/t9-/m0/s1. The predicted octanol–water partition coefficient (Wildman–Crippen LogP) is 0.807. The lowest BCUT2D eigenvalue weighted by molar-refractivity contribution is 0.190. The fraction of sp³-hybridized carbons (Fsp3) is 0.700. The van der Waals surface area contributed by atoms with Gasteiger partial charge in [-0.25, -0.2) is 0 Å². The van der Waals surface area contributed by atoms with Crippen LogP contribution < -0.4 is 5.73 Å². The van der Waals surface area contributed by atoms with E-state index in [1.807, 2.05) is 10.9 Å². The van der Waals surface area contributed by atoms with Crippen LogP contribution in [-0.2, 0) is 6.54 Å². The molecule has 0 aliphatic carbocycles. The molecule has 1 aromatic rings. The van der Waals surface area contributed by atoms with E-state index in [2.05, 4.69) is 17.0 Å². The van der Waals surface area contributed by atoms with Crippen molar-refractivity contribution in [1.82, 2.24) is 14.7 Å². The van der Waals surface area contributed by atoms with Gasteiger partial charge in [0.15, 0.2) is 0 Å². The molecule has 2 rings (SSSR count). The molecule has 78 valence electrons. The van der Waals surface area contributed by atoms with Crippen molar-refractivity contribution in [2.24, 2.45) is 5.92 Å². The first-order valence-corrected chi connectivity index (χ1v) is 5.20. The molecule has 1 saturated heterocycles. The summed E-state index contributed by atoms with van der Waals surface area (Å²) in [6.45, 7) is 3.42. The highest BCUT2D eigenvalue weighted by Gasteiger charge is 2.17. The van der Waals surface area contributed by atoms with Crippen molar-refractivity contribution in [3.63, 3.8) is 0 Å². The highest BCUT2D eigenvalue weighted by Crippen LogP contribution is 2.16. The Morgan fingerprint density at radius 2 is 2.50 bits per heavy atom. The fourth-order valence-electron chi connectivity index (χ4n) is 2.17. The lowest BCUT2D eigenvalue weighted by Gasteiger charge is -2.29. The first-order valence-electron chi connectivity index (χ1n) is 5.20. The Balaban J connectivity index is 1.90. The highest BCUT2D eigenvalue weighted by atomic mass is 15.3. The number of nitrogens with two attached hydrogens (primary N) is 1. The first kappa shape index (κ1) is 9.52. The molecular weight excluding hydrogens is 176 g/mol. The van der Waals surface area contributed by atoms with E-state index < -0.39 is 0 Å². The van der Waals surface area contributed by atoms with E-state index in [4.69, 9.17) is 5.73 Å². The van der Waals surface area contributed by atoms with Crippen molar-refractivity contribution in [2.45, 2.75) is 19.4 Å². The maximum atomic E-state index is 5.62. The molecule has 0 spiro atoms. The summed E-state index contributed by atoms with van der Waals surface area (Å²) < 4.78 is 1.96. The van der Waals surface area contributed by atoms with Gasteiger partial charge in [0, 0.05) is 19.3 Å². The van der Waals surface area contributed by atoms with E-state index in [-0.39, 0.29) is 0 Å². The van der Waals surface area contributed by atoms with Gasteiger partial charge in [-0.1, -0.05) is 0 Å². The Hall–Kier alpha value is -1.03.